The molecule has 0 spiro atoms. The van der Waals surface area contributed by atoms with Gasteiger partial charge in [-0.15, -0.1) is 0 Å². The molecule has 0 fully saturated rings. The molecule has 0 aliphatic carbocycles. The van der Waals surface area contributed by atoms with E-state index in [0.29, 0.717) is 12.8 Å². The molecule has 0 aliphatic rings. The molecule has 0 saturated carbocycles. The predicted molar refractivity (Wildman–Crippen MR) is 234 cm³/mol. The number of rotatable bonds is 39. The SMILES string of the molecule is CCCCCCCC/C=C/CCCCCCCCCCOC(=O)c1ccc(S(=O)(=O)O)cc1C(=O)OCCCCCCCCCC/C=C/CCCCCCCC. The monoisotopic (exact) mass is 803 g/mol. The van der Waals surface area contributed by atoms with Gasteiger partial charge in [0, 0.05) is 0 Å². The minimum Gasteiger partial charge on any atom is -0.462 e. The van der Waals surface area contributed by atoms with Crippen LogP contribution in [0.3, 0.4) is 0 Å². The van der Waals surface area contributed by atoms with Crippen molar-refractivity contribution in [2.24, 2.45) is 0 Å². The Morgan fingerprint density at radius 2 is 0.768 bits per heavy atom. The van der Waals surface area contributed by atoms with Gasteiger partial charge in [0.05, 0.1) is 29.2 Å². The van der Waals surface area contributed by atoms with Gasteiger partial charge in [-0.1, -0.05) is 179 Å². The van der Waals surface area contributed by atoms with Crippen LogP contribution in [0.5, 0.6) is 0 Å². The molecule has 322 valence electrons. The fourth-order valence-electron chi connectivity index (χ4n) is 6.92. The number of benzene rings is 1. The van der Waals surface area contributed by atoms with Gasteiger partial charge in [-0.2, -0.15) is 8.42 Å². The summed E-state index contributed by atoms with van der Waals surface area (Å²) in [6.45, 7) is 4.90. The van der Waals surface area contributed by atoms with E-state index in [1.54, 1.807) is 0 Å². The summed E-state index contributed by atoms with van der Waals surface area (Å²) in [6.07, 6.45) is 48.0. The topological polar surface area (TPSA) is 107 Å². The van der Waals surface area contributed by atoms with Gasteiger partial charge in [0.25, 0.3) is 10.1 Å². The van der Waals surface area contributed by atoms with E-state index in [-0.39, 0.29) is 24.3 Å². The van der Waals surface area contributed by atoms with Crippen molar-refractivity contribution >= 4 is 22.1 Å². The van der Waals surface area contributed by atoms with Crippen molar-refractivity contribution in [2.45, 2.75) is 224 Å². The molecule has 0 atom stereocenters. The Morgan fingerprint density at radius 3 is 1.11 bits per heavy atom. The van der Waals surface area contributed by atoms with Gasteiger partial charge in [-0.25, -0.2) is 9.59 Å². The average Bonchev–Trinajstić information content (AvgIpc) is 3.18. The first-order valence-electron chi connectivity index (χ1n) is 23.1. The number of allylic oxidation sites excluding steroid dienone is 4. The maximum atomic E-state index is 13.0. The van der Waals surface area contributed by atoms with Crippen molar-refractivity contribution in [3.05, 3.63) is 53.6 Å². The molecule has 0 radical (unpaired) electrons. The van der Waals surface area contributed by atoms with E-state index in [1.807, 2.05) is 0 Å². The Bertz CT molecular complexity index is 1270. The van der Waals surface area contributed by atoms with Crippen LogP contribution in [0.4, 0.5) is 0 Å². The standard InChI is InChI=1S/C48H82O7S/c1-3-5-7-9-11-13-15-17-19-21-23-25-27-29-31-33-35-37-41-54-47(49)45-40-39-44(56(51,52)53)43-46(45)48(50)55-42-38-36-34-32-30-28-26-24-22-20-18-16-14-12-10-8-6-4-2/h17-20,39-40,43H,3-16,21-38,41-42H2,1-2H3,(H,51,52,53)/b19-17+,20-18+. The second-order valence-corrected chi connectivity index (χ2v) is 17.2. The summed E-state index contributed by atoms with van der Waals surface area (Å²) in [6, 6.07) is 3.30. The molecule has 1 aromatic carbocycles. The molecule has 0 aromatic heterocycles. The summed E-state index contributed by atoms with van der Waals surface area (Å²) >= 11 is 0. The second-order valence-electron chi connectivity index (χ2n) is 15.7. The first-order valence-corrected chi connectivity index (χ1v) is 24.5. The summed E-state index contributed by atoms with van der Waals surface area (Å²) in [5, 5.41) is 0. The van der Waals surface area contributed by atoms with Crippen molar-refractivity contribution < 1.29 is 32.0 Å². The zero-order valence-corrected chi connectivity index (χ0v) is 36.7. The molecule has 0 unspecified atom stereocenters. The average molecular weight is 803 g/mol. The Kier molecular flexibility index (Phi) is 33.9. The highest BCUT2D eigenvalue weighted by molar-refractivity contribution is 7.85. The maximum absolute atomic E-state index is 13.0. The zero-order valence-electron chi connectivity index (χ0n) is 35.9. The Labute approximate surface area is 344 Å². The highest BCUT2D eigenvalue weighted by atomic mass is 32.2. The van der Waals surface area contributed by atoms with E-state index in [2.05, 4.69) is 38.2 Å². The third-order valence-electron chi connectivity index (χ3n) is 10.5. The van der Waals surface area contributed by atoms with E-state index in [4.69, 9.17) is 9.47 Å². The molecule has 56 heavy (non-hydrogen) atoms. The second kappa shape index (κ2) is 36.9. The molecule has 0 heterocycles. The minimum absolute atomic E-state index is 0.0621. The highest BCUT2D eigenvalue weighted by Crippen LogP contribution is 2.20. The van der Waals surface area contributed by atoms with Crippen LogP contribution in [-0.4, -0.2) is 38.1 Å². The summed E-state index contributed by atoms with van der Waals surface area (Å²) in [5.74, 6) is -1.50. The molecule has 0 amide bonds. The minimum atomic E-state index is -4.57. The summed E-state index contributed by atoms with van der Waals surface area (Å²) < 4.78 is 44.0. The van der Waals surface area contributed by atoms with Gasteiger partial charge in [-0.3, -0.25) is 4.55 Å². The molecule has 7 nitrogen and oxygen atoms in total. The van der Waals surface area contributed by atoms with Crippen LogP contribution in [0.1, 0.15) is 240 Å². The molecule has 1 rings (SSSR count). The number of ether oxygens (including phenoxy) is 2. The Morgan fingerprint density at radius 1 is 0.464 bits per heavy atom. The third kappa shape index (κ3) is 29.7. The van der Waals surface area contributed by atoms with E-state index < -0.39 is 27.0 Å². The van der Waals surface area contributed by atoms with E-state index >= 15 is 0 Å². The number of hydrogen-bond acceptors (Lipinski definition) is 6. The highest BCUT2D eigenvalue weighted by Gasteiger charge is 2.23. The molecule has 0 aliphatic heterocycles. The van der Waals surface area contributed by atoms with Crippen molar-refractivity contribution in [2.75, 3.05) is 13.2 Å². The molecule has 8 heteroatoms. The lowest BCUT2D eigenvalue weighted by molar-refractivity contribution is 0.0450. The number of carbonyl (C=O) groups is 2. The molecule has 1 aromatic rings. The van der Waals surface area contributed by atoms with Crippen molar-refractivity contribution in [1.29, 1.82) is 0 Å². The number of unbranched alkanes of at least 4 members (excludes halogenated alkanes) is 28. The molecule has 0 bridgehead atoms. The van der Waals surface area contributed by atoms with Crippen molar-refractivity contribution in [1.82, 2.24) is 0 Å². The quantitative estimate of drug-likeness (QED) is 0.0306. The maximum Gasteiger partial charge on any atom is 0.339 e. The third-order valence-corrected chi connectivity index (χ3v) is 11.4. The summed E-state index contributed by atoms with van der Waals surface area (Å²) in [4.78, 5) is 25.4. The molecule has 1 N–H and O–H groups in total. The van der Waals surface area contributed by atoms with Crippen LogP contribution in [0.15, 0.2) is 47.4 Å². The van der Waals surface area contributed by atoms with Crippen molar-refractivity contribution in [3.8, 4) is 0 Å². The van der Waals surface area contributed by atoms with E-state index in [9.17, 15) is 22.6 Å². The van der Waals surface area contributed by atoms with E-state index in [1.165, 1.54) is 160 Å². The predicted octanol–water partition coefficient (Wildman–Crippen LogP) is 14.9. The van der Waals surface area contributed by atoms with Crippen LogP contribution in [-0.2, 0) is 19.6 Å². The van der Waals surface area contributed by atoms with Gasteiger partial charge >= 0.3 is 11.9 Å². The van der Waals surface area contributed by atoms with Gasteiger partial charge < -0.3 is 9.47 Å². The molecular weight excluding hydrogens is 721 g/mol. The largest absolute Gasteiger partial charge is 0.462 e. The Balaban J connectivity index is 2.20. The Hall–Kier alpha value is -2.45. The number of carbonyl (C=O) groups excluding carboxylic acids is 2. The smallest absolute Gasteiger partial charge is 0.339 e. The van der Waals surface area contributed by atoms with Gasteiger partial charge in [0.2, 0.25) is 0 Å². The van der Waals surface area contributed by atoms with Gasteiger partial charge in [-0.05, 0) is 82.4 Å². The first kappa shape index (κ1) is 51.6. The summed E-state index contributed by atoms with van der Waals surface area (Å²) in [7, 11) is -4.57. The van der Waals surface area contributed by atoms with Crippen LogP contribution >= 0.6 is 0 Å². The normalized spacial score (nSPS) is 11.9. The molecule has 0 saturated heterocycles. The van der Waals surface area contributed by atoms with Gasteiger partial charge in [0.1, 0.15) is 0 Å². The van der Waals surface area contributed by atoms with Crippen LogP contribution in [0.25, 0.3) is 0 Å². The van der Waals surface area contributed by atoms with Crippen LogP contribution in [0.2, 0.25) is 0 Å². The number of hydrogen-bond donors (Lipinski definition) is 1. The van der Waals surface area contributed by atoms with Crippen LogP contribution in [0, 0.1) is 0 Å². The number of esters is 2. The van der Waals surface area contributed by atoms with Crippen LogP contribution < -0.4 is 0 Å². The first-order chi connectivity index (χ1) is 27.3. The van der Waals surface area contributed by atoms with E-state index in [0.717, 1.165) is 50.7 Å². The lowest BCUT2D eigenvalue weighted by Gasteiger charge is -2.11. The fraction of sp³-hybridized carbons (Fsp3) is 0.750. The molecular formula is C48H82O7S. The summed E-state index contributed by atoms with van der Waals surface area (Å²) in [5.41, 5.74) is -0.274. The fourth-order valence-corrected chi connectivity index (χ4v) is 7.43. The lowest BCUT2D eigenvalue weighted by Crippen LogP contribution is -2.16. The van der Waals surface area contributed by atoms with Crippen molar-refractivity contribution in [3.63, 3.8) is 0 Å². The zero-order chi connectivity index (χ0) is 40.8. The van der Waals surface area contributed by atoms with Gasteiger partial charge in [0.15, 0.2) is 0 Å². The lowest BCUT2D eigenvalue weighted by atomic mass is 10.1.